The molecule has 0 amide bonds. The van der Waals surface area contributed by atoms with E-state index in [0.29, 0.717) is 0 Å². The number of hydrogen-bond acceptors (Lipinski definition) is 1. The molecule has 0 N–H and O–H groups in total. The first-order valence-electron chi connectivity index (χ1n) is 4.50. The Balaban J connectivity index is 2.13. The molecule has 1 rings (SSSR count). The molecular formula is C8H17ClOSi. The van der Waals surface area contributed by atoms with E-state index in [4.69, 9.17) is 16.0 Å². The minimum atomic E-state index is 0.00441. The van der Waals surface area contributed by atoms with Crippen molar-refractivity contribution in [1.82, 2.24) is 0 Å². The maximum atomic E-state index is 5.91. The molecule has 0 bridgehead atoms. The summed E-state index contributed by atoms with van der Waals surface area (Å²) in [4.78, 5) is 0. The Morgan fingerprint density at radius 2 is 2.00 bits per heavy atom. The molecule has 1 unspecified atom stereocenters. The van der Waals surface area contributed by atoms with Gasteiger partial charge in [-0.1, -0.05) is 43.7 Å². The third-order valence-electron chi connectivity index (χ3n) is 2.50. The highest BCUT2D eigenvalue weighted by atomic mass is 35.5. The van der Waals surface area contributed by atoms with E-state index in [9.17, 15) is 0 Å². The van der Waals surface area contributed by atoms with Crippen LogP contribution in [0.25, 0.3) is 0 Å². The number of halogens is 1. The molecule has 0 spiro atoms. The molecule has 0 aliphatic heterocycles. The fourth-order valence-corrected chi connectivity index (χ4v) is 2.23. The first kappa shape index (κ1) is 9.55. The first-order valence-corrected chi connectivity index (χ1v) is 5.75. The Kier molecular flexibility index (Phi) is 4.49. The van der Waals surface area contributed by atoms with Gasteiger partial charge in [0, 0.05) is 0 Å². The van der Waals surface area contributed by atoms with Gasteiger partial charge in [-0.05, 0) is 12.3 Å². The summed E-state index contributed by atoms with van der Waals surface area (Å²) in [6, 6.07) is 0. The van der Waals surface area contributed by atoms with Crippen LogP contribution < -0.4 is 0 Å². The standard InChI is InChI=1S/C8H17ClOSi/c9-8(10-11)6-7-4-2-1-3-5-7/h7-8H,1-6H2,11H3. The van der Waals surface area contributed by atoms with E-state index >= 15 is 0 Å². The van der Waals surface area contributed by atoms with Gasteiger partial charge in [0.05, 0.1) is 0 Å². The van der Waals surface area contributed by atoms with Gasteiger partial charge in [0.1, 0.15) is 16.0 Å². The quantitative estimate of drug-likeness (QED) is 0.490. The topological polar surface area (TPSA) is 9.23 Å². The third kappa shape index (κ3) is 3.59. The minimum absolute atomic E-state index is 0.00441. The van der Waals surface area contributed by atoms with Crippen LogP contribution in [0.1, 0.15) is 38.5 Å². The van der Waals surface area contributed by atoms with Crippen LogP contribution in [0.5, 0.6) is 0 Å². The van der Waals surface area contributed by atoms with Crippen LogP contribution in [-0.2, 0) is 4.43 Å². The molecule has 1 atom stereocenters. The van der Waals surface area contributed by atoms with Crippen LogP contribution in [0, 0.1) is 5.92 Å². The molecule has 0 radical (unpaired) electrons. The Hall–Kier alpha value is 0.467. The van der Waals surface area contributed by atoms with Gasteiger partial charge in [-0.3, -0.25) is 0 Å². The predicted molar refractivity (Wildman–Crippen MR) is 51.9 cm³/mol. The van der Waals surface area contributed by atoms with Crippen molar-refractivity contribution >= 4 is 22.1 Å². The summed E-state index contributed by atoms with van der Waals surface area (Å²) in [5, 5.41) is 0. The highest BCUT2D eigenvalue weighted by molar-refractivity contribution is 6.21. The van der Waals surface area contributed by atoms with Crippen molar-refractivity contribution in [3.05, 3.63) is 0 Å². The second-order valence-corrected chi connectivity index (χ2v) is 4.34. The average molecular weight is 193 g/mol. The zero-order chi connectivity index (χ0) is 8.10. The lowest BCUT2D eigenvalue weighted by Crippen LogP contribution is -2.13. The third-order valence-corrected chi connectivity index (χ3v) is 3.72. The molecule has 1 aliphatic rings. The van der Waals surface area contributed by atoms with Crippen molar-refractivity contribution in [3.63, 3.8) is 0 Å². The van der Waals surface area contributed by atoms with Gasteiger partial charge < -0.3 is 4.43 Å². The van der Waals surface area contributed by atoms with Crippen molar-refractivity contribution in [2.24, 2.45) is 5.92 Å². The van der Waals surface area contributed by atoms with Crippen LogP contribution in [0.3, 0.4) is 0 Å². The summed E-state index contributed by atoms with van der Waals surface area (Å²) in [5.41, 5.74) is 0.00441. The molecule has 0 aromatic heterocycles. The van der Waals surface area contributed by atoms with Crippen LogP contribution in [0.15, 0.2) is 0 Å². The Morgan fingerprint density at radius 3 is 2.55 bits per heavy atom. The zero-order valence-corrected chi connectivity index (χ0v) is 9.94. The van der Waals surface area contributed by atoms with E-state index in [0.717, 1.165) is 22.8 Å². The monoisotopic (exact) mass is 192 g/mol. The normalized spacial score (nSPS) is 23.7. The maximum Gasteiger partial charge on any atom is 0.148 e. The Morgan fingerprint density at radius 1 is 1.36 bits per heavy atom. The molecule has 1 nitrogen and oxygen atoms in total. The minimum Gasteiger partial charge on any atom is -0.412 e. The van der Waals surface area contributed by atoms with Crippen LogP contribution >= 0.6 is 11.6 Å². The van der Waals surface area contributed by atoms with E-state index < -0.39 is 0 Å². The molecule has 3 heteroatoms. The Bertz CT molecular complexity index is 104. The van der Waals surface area contributed by atoms with Crippen molar-refractivity contribution in [2.45, 2.75) is 44.1 Å². The first-order chi connectivity index (χ1) is 5.33. The van der Waals surface area contributed by atoms with E-state index in [1.807, 2.05) is 0 Å². The average Bonchev–Trinajstić information content (AvgIpc) is 2.06. The summed E-state index contributed by atoms with van der Waals surface area (Å²) in [6.45, 7) is 0. The molecular weight excluding hydrogens is 176 g/mol. The Labute approximate surface area is 77.0 Å². The van der Waals surface area contributed by atoms with Crippen molar-refractivity contribution in [1.29, 1.82) is 0 Å². The fourth-order valence-electron chi connectivity index (χ4n) is 1.78. The molecule has 66 valence electrons. The lowest BCUT2D eigenvalue weighted by Gasteiger charge is -2.23. The molecule has 1 fully saturated rings. The van der Waals surface area contributed by atoms with Gasteiger partial charge in [-0.2, -0.15) is 0 Å². The summed E-state index contributed by atoms with van der Waals surface area (Å²) in [6.07, 6.45) is 8.03. The number of hydrogen-bond donors (Lipinski definition) is 0. The van der Waals surface area contributed by atoms with Gasteiger partial charge in [0.15, 0.2) is 0 Å². The molecule has 0 heterocycles. The van der Waals surface area contributed by atoms with E-state index in [-0.39, 0.29) is 5.56 Å². The lowest BCUT2D eigenvalue weighted by molar-refractivity contribution is 0.230. The molecule has 11 heavy (non-hydrogen) atoms. The second kappa shape index (κ2) is 5.17. The largest absolute Gasteiger partial charge is 0.412 e. The lowest BCUT2D eigenvalue weighted by atomic mass is 9.87. The number of alkyl halides is 1. The predicted octanol–water partition coefficient (Wildman–Crippen LogP) is 1.82. The van der Waals surface area contributed by atoms with E-state index in [2.05, 4.69) is 0 Å². The zero-order valence-electron chi connectivity index (χ0n) is 7.18. The summed E-state index contributed by atoms with van der Waals surface area (Å²) < 4.78 is 5.16. The van der Waals surface area contributed by atoms with Gasteiger partial charge >= 0.3 is 0 Å². The SMILES string of the molecule is [SiH3]OC(Cl)CC1CCCCC1. The van der Waals surface area contributed by atoms with E-state index in [1.165, 1.54) is 32.1 Å². The van der Waals surface area contributed by atoms with Gasteiger partial charge in [0.2, 0.25) is 0 Å². The highest BCUT2D eigenvalue weighted by Gasteiger charge is 2.16. The number of rotatable bonds is 3. The molecule has 0 aromatic carbocycles. The van der Waals surface area contributed by atoms with Crippen LogP contribution in [-0.4, -0.2) is 16.0 Å². The molecule has 0 saturated heterocycles. The molecule has 1 aliphatic carbocycles. The van der Waals surface area contributed by atoms with Gasteiger partial charge in [-0.25, -0.2) is 0 Å². The van der Waals surface area contributed by atoms with Crippen molar-refractivity contribution < 1.29 is 4.43 Å². The summed E-state index contributed by atoms with van der Waals surface area (Å²) in [5.74, 6) is 0.847. The summed E-state index contributed by atoms with van der Waals surface area (Å²) >= 11 is 5.91. The van der Waals surface area contributed by atoms with Gasteiger partial charge in [0.25, 0.3) is 0 Å². The van der Waals surface area contributed by atoms with E-state index in [1.54, 1.807) is 0 Å². The van der Waals surface area contributed by atoms with Crippen LogP contribution in [0.4, 0.5) is 0 Å². The fraction of sp³-hybridized carbons (Fsp3) is 1.00. The second-order valence-electron chi connectivity index (χ2n) is 3.39. The van der Waals surface area contributed by atoms with Gasteiger partial charge in [-0.15, -0.1) is 0 Å². The summed E-state index contributed by atoms with van der Waals surface area (Å²) in [7, 11) is 0.771. The maximum absolute atomic E-state index is 5.91. The molecule has 1 saturated carbocycles. The highest BCUT2D eigenvalue weighted by Crippen LogP contribution is 2.28. The van der Waals surface area contributed by atoms with Crippen molar-refractivity contribution in [3.8, 4) is 0 Å². The van der Waals surface area contributed by atoms with Crippen LogP contribution in [0.2, 0.25) is 0 Å². The van der Waals surface area contributed by atoms with Crippen molar-refractivity contribution in [2.75, 3.05) is 0 Å². The molecule has 0 aromatic rings. The smallest absolute Gasteiger partial charge is 0.148 e.